The summed E-state index contributed by atoms with van der Waals surface area (Å²) >= 11 is 2.07. The van der Waals surface area contributed by atoms with E-state index >= 15 is 0 Å². The van der Waals surface area contributed by atoms with Gasteiger partial charge in [0.1, 0.15) is 0 Å². The van der Waals surface area contributed by atoms with Gasteiger partial charge >= 0.3 is 5.97 Å². The van der Waals surface area contributed by atoms with Gasteiger partial charge in [0, 0.05) is 3.57 Å². The van der Waals surface area contributed by atoms with E-state index in [-0.39, 0.29) is 10.5 Å². The van der Waals surface area contributed by atoms with Crippen molar-refractivity contribution in [1.82, 2.24) is 0 Å². The topological polar surface area (TPSA) is 116 Å². The van der Waals surface area contributed by atoms with Crippen LogP contribution in [0.3, 0.4) is 0 Å². The lowest BCUT2D eigenvalue weighted by molar-refractivity contribution is -0.119. The first kappa shape index (κ1) is 20.3. The normalized spacial score (nSPS) is 11.1. The number of esters is 1. The molecule has 0 heterocycles. The summed E-state index contributed by atoms with van der Waals surface area (Å²) in [4.78, 5) is 24.0. The fourth-order valence-corrected chi connectivity index (χ4v) is 3.60. The number of hydrogen-bond acceptors (Lipinski definition) is 5. The highest BCUT2D eigenvalue weighted by molar-refractivity contribution is 14.1. The van der Waals surface area contributed by atoms with Crippen LogP contribution in [0, 0.1) is 17.4 Å². The number of carbonyl (C=O) groups excluding carboxylic acids is 2. The largest absolute Gasteiger partial charge is 0.452 e. The summed E-state index contributed by atoms with van der Waals surface area (Å²) in [5.74, 6) is -1.31. The molecule has 138 valence electrons. The molecule has 1 amide bonds. The first-order valence-corrected chi connectivity index (χ1v) is 10.1. The van der Waals surface area contributed by atoms with E-state index < -0.39 is 28.5 Å². The van der Waals surface area contributed by atoms with Gasteiger partial charge in [0.2, 0.25) is 10.0 Å². The molecule has 2 aromatic carbocycles. The van der Waals surface area contributed by atoms with Crippen molar-refractivity contribution >= 4 is 50.2 Å². The second-order valence-corrected chi connectivity index (χ2v) is 8.26. The van der Waals surface area contributed by atoms with Gasteiger partial charge in [-0.05, 0) is 71.8 Å². The second-order valence-electron chi connectivity index (χ2n) is 5.57. The summed E-state index contributed by atoms with van der Waals surface area (Å²) in [7, 11) is -3.98. The number of rotatable bonds is 5. The second kappa shape index (κ2) is 8.14. The number of anilines is 1. The predicted octanol–water partition coefficient (Wildman–Crippen LogP) is 2.35. The maximum Gasteiger partial charge on any atom is 0.338 e. The smallest absolute Gasteiger partial charge is 0.338 e. The van der Waals surface area contributed by atoms with Gasteiger partial charge in [-0.1, -0.05) is 12.1 Å². The van der Waals surface area contributed by atoms with Crippen LogP contribution in [0.15, 0.2) is 41.3 Å². The Labute approximate surface area is 165 Å². The zero-order chi connectivity index (χ0) is 19.5. The lowest BCUT2D eigenvalue weighted by Crippen LogP contribution is -2.22. The van der Waals surface area contributed by atoms with Gasteiger partial charge in [0.05, 0.1) is 16.1 Å². The monoisotopic (exact) mass is 488 g/mol. The van der Waals surface area contributed by atoms with E-state index in [0.717, 1.165) is 9.64 Å². The molecular formula is C17H17IN2O5S. The van der Waals surface area contributed by atoms with E-state index in [0.29, 0.717) is 16.8 Å². The summed E-state index contributed by atoms with van der Waals surface area (Å²) in [6.45, 7) is 2.76. The van der Waals surface area contributed by atoms with Crippen molar-refractivity contribution in [1.29, 1.82) is 0 Å². The van der Waals surface area contributed by atoms with Gasteiger partial charge in [0.15, 0.2) is 6.61 Å². The van der Waals surface area contributed by atoms with Crippen LogP contribution in [-0.2, 0) is 19.6 Å². The number of primary sulfonamides is 1. The van der Waals surface area contributed by atoms with E-state index in [9.17, 15) is 18.0 Å². The van der Waals surface area contributed by atoms with E-state index in [1.807, 2.05) is 12.1 Å². The number of aryl methyl sites for hydroxylation is 1. The first-order chi connectivity index (χ1) is 12.1. The van der Waals surface area contributed by atoms with Crippen LogP contribution >= 0.6 is 22.6 Å². The van der Waals surface area contributed by atoms with E-state index in [1.165, 1.54) is 6.07 Å². The Morgan fingerprint density at radius 3 is 2.46 bits per heavy atom. The van der Waals surface area contributed by atoms with Crippen molar-refractivity contribution in [2.75, 3.05) is 11.9 Å². The van der Waals surface area contributed by atoms with Gasteiger partial charge in [-0.3, -0.25) is 4.79 Å². The standard InChI is InChI=1S/C17H17IN2O5S/c1-10-7-12(8-15(11(10)2)26(19,23)24)17(22)25-9-16(21)20-14-6-4-3-5-13(14)18/h3-8H,9H2,1-2H3,(H,20,21)(H2,19,23,24). The Bertz CT molecular complexity index is 973. The highest BCUT2D eigenvalue weighted by Crippen LogP contribution is 2.21. The minimum atomic E-state index is -3.98. The Kier molecular flexibility index (Phi) is 6.37. The number of nitrogens with one attached hydrogen (secondary N) is 1. The molecule has 7 nitrogen and oxygen atoms in total. The molecule has 0 saturated heterocycles. The van der Waals surface area contributed by atoms with E-state index in [1.54, 1.807) is 26.0 Å². The molecule has 0 bridgehead atoms. The number of hydrogen-bond donors (Lipinski definition) is 2. The number of carbonyl (C=O) groups is 2. The van der Waals surface area contributed by atoms with Crippen LogP contribution in [0.5, 0.6) is 0 Å². The third-order valence-electron chi connectivity index (χ3n) is 3.64. The molecule has 0 atom stereocenters. The van der Waals surface area contributed by atoms with Gasteiger partial charge in [-0.15, -0.1) is 0 Å². The van der Waals surface area contributed by atoms with Crippen molar-refractivity contribution < 1.29 is 22.7 Å². The van der Waals surface area contributed by atoms with Gasteiger partial charge in [-0.25, -0.2) is 18.4 Å². The molecule has 0 saturated carbocycles. The molecule has 0 aromatic heterocycles. The third kappa shape index (κ3) is 5.02. The maximum atomic E-state index is 12.2. The molecule has 0 aliphatic rings. The zero-order valence-corrected chi connectivity index (χ0v) is 17.1. The van der Waals surface area contributed by atoms with Crippen LogP contribution in [0.25, 0.3) is 0 Å². The molecule has 0 spiro atoms. The number of ether oxygens (including phenoxy) is 1. The highest BCUT2D eigenvalue weighted by Gasteiger charge is 2.19. The molecule has 2 rings (SSSR count). The van der Waals surface area contributed by atoms with Crippen molar-refractivity contribution in [2.45, 2.75) is 18.7 Å². The fourth-order valence-electron chi connectivity index (χ4n) is 2.20. The van der Waals surface area contributed by atoms with E-state index in [4.69, 9.17) is 9.88 Å². The van der Waals surface area contributed by atoms with Gasteiger partial charge < -0.3 is 10.1 Å². The summed E-state index contributed by atoms with van der Waals surface area (Å²) in [6.07, 6.45) is 0. The predicted molar refractivity (Wildman–Crippen MR) is 105 cm³/mol. The molecule has 0 aliphatic heterocycles. The average molecular weight is 488 g/mol. The summed E-state index contributed by atoms with van der Waals surface area (Å²) in [6, 6.07) is 9.80. The number of amides is 1. The highest BCUT2D eigenvalue weighted by atomic mass is 127. The Morgan fingerprint density at radius 2 is 1.85 bits per heavy atom. The number of para-hydroxylation sites is 1. The first-order valence-electron chi connectivity index (χ1n) is 7.45. The molecule has 0 fully saturated rings. The number of sulfonamides is 1. The number of benzene rings is 2. The van der Waals surface area contributed by atoms with Crippen LogP contribution < -0.4 is 10.5 Å². The SMILES string of the molecule is Cc1cc(C(=O)OCC(=O)Nc2ccccc2I)cc(S(N)(=O)=O)c1C. The van der Waals surface area contributed by atoms with Crippen LogP contribution in [-0.4, -0.2) is 26.9 Å². The lowest BCUT2D eigenvalue weighted by atomic mass is 10.1. The van der Waals surface area contributed by atoms with Crippen molar-refractivity contribution in [3.63, 3.8) is 0 Å². The molecule has 3 N–H and O–H groups in total. The lowest BCUT2D eigenvalue weighted by Gasteiger charge is -2.11. The zero-order valence-electron chi connectivity index (χ0n) is 14.1. The molecule has 2 aromatic rings. The average Bonchev–Trinajstić information content (AvgIpc) is 2.56. The molecule has 0 unspecified atom stereocenters. The van der Waals surface area contributed by atoms with Crippen molar-refractivity contribution in [2.24, 2.45) is 5.14 Å². The van der Waals surface area contributed by atoms with Crippen molar-refractivity contribution in [3.8, 4) is 0 Å². The Morgan fingerprint density at radius 1 is 1.19 bits per heavy atom. The van der Waals surface area contributed by atoms with E-state index in [2.05, 4.69) is 27.9 Å². The quantitative estimate of drug-likeness (QED) is 0.496. The molecule has 26 heavy (non-hydrogen) atoms. The van der Waals surface area contributed by atoms with Gasteiger partial charge in [0.25, 0.3) is 5.91 Å². The van der Waals surface area contributed by atoms with Crippen LogP contribution in [0.2, 0.25) is 0 Å². The molecule has 0 aliphatic carbocycles. The third-order valence-corrected chi connectivity index (χ3v) is 5.62. The summed E-state index contributed by atoms with van der Waals surface area (Å²) < 4.78 is 29.1. The minimum Gasteiger partial charge on any atom is -0.452 e. The van der Waals surface area contributed by atoms with Crippen LogP contribution in [0.1, 0.15) is 21.5 Å². The Hall–Kier alpha value is -1.98. The fraction of sp³-hybridized carbons (Fsp3) is 0.176. The molecular weight excluding hydrogens is 471 g/mol. The van der Waals surface area contributed by atoms with Crippen molar-refractivity contribution in [3.05, 3.63) is 56.7 Å². The minimum absolute atomic E-state index is 0.0132. The Balaban J connectivity index is 2.10. The number of halogens is 1. The van der Waals surface area contributed by atoms with Gasteiger partial charge in [-0.2, -0.15) is 0 Å². The maximum absolute atomic E-state index is 12.2. The molecule has 0 radical (unpaired) electrons. The number of nitrogens with two attached hydrogens (primary N) is 1. The summed E-state index contributed by atoms with van der Waals surface area (Å²) in [5.41, 5.74) is 1.66. The molecule has 9 heteroatoms. The summed E-state index contributed by atoms with van der Waals surface area (Å²) in [5, 5.41) is 7.81. The van der Waals surface area contributed by atoms with Crippen LogP contribution in [0.4, 0.5) is 5.69 Å².